The maximum Gasteiger partial charge on any atom is 0.498 e. The topological polar surface area (TPSA) is 94.6 Å². The van der Waals surface area contributed by atoms with Crippen LogP contribution in [0.2, 0.25) is 0 Å². The Kier molecular flexibility index (Phi) is 7.88. The summed E-state index contributed by atoms with van der Waals surface area (Å²) in [4.78, 5) is 11.1. The molecule has 0 saturated carbocycles. The van der Waals surface area contributed by atoms with Crippen LogP contribution in [-0.2, 0) is 29.2 Å². The van der Waals surface area contributed by atoms with Gasteiger partial charge in [-0.25, -0.2) is 21.6 Å². The number of methoxy groups -OCH3 is 1. The van der Waals surface area contributed by atoms with Crippen LogP contribution in [0.3, 0.4) is 0 Å². The number of carbonyl (C=O) groups excluding carboxylic acids is 1. The number of benzene rings is 1. The van der Waals surface area contributed by atoms with Crippen LogP contribution in [0.4, 0.5) is 26.3 Å². The molecule has 0 aliphatic carbocycles. The minimum atomic E-state index is -6.70. The van der Waals surface area contributed by atoms with Crippen molar-refractivity contribution in [1.82, 2.24) is 0 Å². The van der Waals surface area contributed by atoms with Crippen LogP contribution in [0.5, 0.6) is 0 Å². The molecule has 0 aliphatic heterocycles. The molecule has 0 aromatic heterocycles. The lowest BCUT2D eigenvalue weighted by atomic mass is 10.1. The average Bonchev–Trinajstić information content (AvgIpc) is 2.61. The Balaban J connectivity index is 3.35. The Bertz CT molecular complexity index is 993. The predicted molar refractivity (Wildman–Crippen MR) is 94.9 cm³/mol. The van der Waals surface area contributed by atoms with Crippen LogP contribution in [0.1, 0.15) is 17.5 Å². The molecule has 0 bridgehead atoms. The Hall–Kier alpha value is -2.35. The third kappa shape index (κ3) is 5.84. The van der Waals surface area contributed by atoms with Gasteiger partial charge in [0.15, 0.2) is 4.58 Å². The van der Waals surface area contributed by atoms with Gasteiger partial charge in [-0.15, -0.1) is 0 Å². The van der Waals surface area contributed by atoms with Crippen LogP contribution in [-0.4, -0.2) is 45.5 Å². The first kappa shape index (κ1) is 25.7. The maximum atomic E-state index is 12.7. The number of carbonyl (C=O) groups is 1. The van der Waals surface area contributed by atoms with Gasteiger partial charge in [0, 0.05) is 6.08 Å². The molecule has 1 rings (SSSR count). The molecule has 0 N–H and O–H groups in total. The molecule has 0 spiro atoms. The number of hydrogen-bond acceptors (Lipinski definition) is 6. The van der Waals surface area contributed by atoms with Gasteiger partial charge in [0.05, 0.1) is 7.11 Å². The summed E-state index contributed by atoms with van der Waals surface area (Å²) in [5.74, 6) is -0.749. The summed E-state index contributed by atoms with van der Waals surface area (Å²) in [6, 6.07) is 5.71. The first-order valence-corrected chi connectivity index (χ1v) is 10.8. The highest BCUT2D eigenvalue weighted by molar-refractivity contribution is 8.09. The number of rotatable bonds is 7. The van der Waals surface area contributed by atoms with E-state index < -0.39 is 47.7 Å². The van der Waals surface area contributed by atoms with Crippen molar-refractivity contribution in [3.05, 3.63) is 47.5 Å². The number of alkyl halides is 6. The largest absolute Gasteiger partial charge is 0.498 e. The van der Waals surface area contributed by atoms with Gasteiger partial charge in [0.1, 0.15) is 0 Å². The molecule has 14 heteroatoms. The number of esters is 1. The third-order valence-corrected chi connectivity index (χ3v) is 8.14. The summed E-state index contributed by atoms with van der Waals surface area (Å²) in [5, 5.41) is 0. The standard InChI is InChI=1S/C16H14F6O6S2/c1-28-13(23)10-9-12-6-3-2-5-11(12)7-4-8-14(29(24,25)15(17,18)19)30(26,27)16(20,21)22/h2-7,9-10,14H,8H2,1H3/b7-4+,10-9+. The molecule has 168 valence electrons. The fourth-order valence-corrected chi connectivity index (χ4v) is 5.38. The highest BCUT2D eigenvalue weighted by Crippen LogP contribution is 2.37. The zero-order chi connectivity index (χ0) is 23.4. The predicted octanol–water partition coefficient (Wildman–Crippen LogP) is 3.47. The molecule has 0 unspecified atom stereocenters. The van der Waals surface area contributed by atoms with E-state index in [1.54, 1.807) is 0 Å². The number of allylic oxidation sites excluding steroid dienone is 1. The van der Waals surface area contributed by atoms with E-state index in [4.69, 9.17) is 0 Å². The molecule has 0 fully saturated rings. The molecule has 1 aromatic carbocycles. The Morgan fingerprint density at radius 2 is 1.37 bits per heavy atom. The summed E-state index contributed by atoms with van der Waals surface area (Å²) in [5.41, 5.74) is -12.0. The van der Waals surface area contributed by atoms with E-state index in [2.05, 4.69) is 4.74 Å². The Labute approximate surface area is 167 Å². The van der Waals surface area contributed by atoms with Gasteiger partial charge in [0.2, 0.25) is 0 Å². The Morgan fingerprint density at radius 3 is 1.77 bits per heavy atom. The first-order chi connectivity index (χ1) is 13.6. The van der Waals surface area contributed by atoms with E-state index in [9.17, 15) is 48.0 Å². The third-order valence-electron chi connectivity index (χ3n) is 3.56. The number of halogens is 6. The van der Waals surface area contributed by atoms with Gasteiger partial charge in [-0.2, -0.15) is 26.3 Å². The van der Waals surface area contributed by atoms with Crippen molar-refractivity contribution in [2.75, 3.05) is 7.11 Å². The molecule has 6 nitrogen and oxygen atoms in total. The highest BCUT2D eigenvalue weighted by Gasteiger charge is 2.62. The second-order valence-corrected chi connectivity index (χ2v) is 10.1. The number of ether oxygens (including phenoxy) is 1. The summed E-state index contributed by atoms with van der Waals surface area (Å²) in [6.45, 7) is 0. The number of sulfone groups is 2. The molecular formula is C16H14F6O6S2. The quantitative estimate of drug-likeness (QED) is 0.337. The lowest BCUT2D eigenvalue weighted by Crippen LogP contribution is -2.44. The summed E-state index contributed by atoms with van der Waals surface area (Å²) in [7, 11) is -12.3. The highest BCUT2D eigenvalue weighted by atomic mass is 32.3. The normalized spacial score (nSPS) is 14.0. The second kappa shape index (κ2) is 9.20. The van der Waals surface area contributed by atoms with Crippen molar-refractivity contribution in [3.63, 3.8) is 0 Å². The van der Waals surface area contributed by atoms with E-state index in [-0.39, 0.29) is 11.1 Å². The van der Waals surface area contributed by atoms with E-state index in [1.807, 2.05) is 0 Å². The minimum absolute atomic E-state index is 0.158. The zero-order valence-electron chi connectivity index (χ0n) is 14.9. The van der Waals surface area contributed by atoms with E-state index in [0.717, 1.165) is 19.3 Å². The first-order valence-electron chi connectivity index (χ1n) is 7.67. The lowest BCUT2D eigenvalue weighted by molar-refractivity contribution is -0.134. The van der Waals surface area contributed by atoms with Gasteiger partial charge >= 0.3 is 17.0 Å². The van der Waals surface area contributed by atoms with E-state index in [0.29, 0.717) is 6.08 Å². The van der Waals surface area contributed by atoms with Gasteiger partial charge in [-0.05, 0) is 23.6 Å². The summed E-state index contributed by atoms with van der Waals surface area (Å²) < 4.78 is 123. The van der Waals surface area contributed by atoms with E-state index in [1.165, 1.54) is 30.3 Å². The molecule has 0 amide bonds. The molecule has 0 radical (unpaired) electrons. The van der Waals surface area contributed by atoms with Crippen molar-refractivity contribution in [2.45, 2.75) is 22.0 Å². The SMILES string of the molecule is COC(=O)/C=C/c1ccccc1/C=C/CC(S(=O)(=O)C(F)(F)F)S(=O)(=O)C(F)(F)F. The van der Waals surface area contributed by atoms with Crippen LogP contribution in [0, 0.1) is 0 Å². The van der Waals surface area contributed by atoms with Crippen LogP contribution < -0.4 is 0 Å². The summed E-state index contributed by atoms with van der Waals surface area (Å²) in [6.07, 6.45) is 2.09. The van der Waals surface area contributed by atoms with Gasteiger partial charge < -0.3 is 4.74 Å². The van der Waals surface area contributed by atoms with Crippen LogP contribution >= 0.6 is 0 Å². The Morgan fingerprint density at radius 1 is 0.933 bits per heavy atom. The van der Waals surface area contributed by atoms with Crippen molar-refractivity contribution in [3.8, 4) is 0 Å². The molecular weight excluding hydrogens is 466 g/mol. The van der Waals surface area contributed by atoms with Crippen molar-refractivity contribution < 1.29 is 52.7 Å². The fourth-order valence-electron chi connectivity index (χ4n) is 2.06. The molecule has 0 atom stereocenters. The molecule has 0 heterocycles. The van der Waals surface area contributed by atoms with Crippen molar-refractivity contribution in [1.29, 1.82) is 0 Å². The minimum Gasteiger partial charge on any atom is -0.466 e. The smallest absolute Gasteiger partial charge is 0.466 e. The van der Waals surface area contributed by atoms with Crippen molar-refractivity contribution >= 4 is 37.8 Å². The molecule has 30 heavy (non-hydrogen) atoms. The maximum absolute atomic E-state index is 12.7. The van der Waals surface area contributed by atoms with E-state index >= 15 is 0 Å². The molecule has 0 aliphatic rings. The lowest BCUT2D eigenvalue weighted by Gasteiger charge is -2.19. The molecule has 1 aromatic rings. The van der Waals surface area contributed by atoms with Crippen LogP contribution in [0.15, 0.2) is 36.4 Å². The fraction of sp³-hybridized carbons (Fsp3) is 0.312. The molecule has 0 saturated heterocycles. The zero-order valence-corrected chi connectivity index (χ0v) is 16.6. The second-order valence-electron chi connectivity index (χ2n) is 5.53. The summed E-state index contributed by atoms with van der Waals surface area (Å²) >= 11 is 0. The van der Waals surface area contributed by atoms with Gasteiger partial charge in [-0.1, -0.05) is 36.4 Å². The monoisotopic (exact) mass is 480 g/mol. The van der Waals surface area contributed by atoms with Crippen molar-refractivity contribution in [2.24, 2.45) is 0 Å². The van der Waals surface area contributed by atoms with Gasteiger partial charge in [-0.3, -0.25) is 0 Å². The van der Waals surface area contributed by atoms with Gasteiger partial charge in [0.25, 0.3) is 19.7 Å². The average molecular weight is 480 g/mol. The number of hydrogen-bond donors (Lipinski definition) is 0. The van der Waals surface area contributed by atoms with Crippen LogP contribution in [0.25, 0.3) is 12.2 Å².